The van der Waals surface area contributed by atoms with Crippen LogP contribution in [0, 0.1) is 0 Å². The summed E-state index contributed by atoms with van der Waals surface area (Å²) in [5.74, 6) is 0.361. The number of hydrogen-bond donors (Lipinski definition) is 1. The number of nitrogens with zero attached hydrogens (tertiary/aromatic N) is 2. The molecule has 0 bridgehead atoms. The molecule has 1 atom stereocenters. The van der Waals surface area contributed by atoms with E-state index in [9.17, 15) is 0 Å². The van der Waals surface area contributed by atoms with Crippen LogP contribution in [0.15, 0.2) is 65.4 Å². The van der Waals surface area contributed by atoms with Gasteiger partial charge < -0.3 is 0 Å². The summed E-state index contributed by atoms with van der Waals surface area (Å²) in [5, 5.41) is 8.36. The molecule has 1 aliphatic carbocycles. The Labute approximate surface area is 147 Å². The molecule has 2 heterocycles. The number of halogens is 1. The molecule has 0 radical (unpaired) electrons. The first-order valence-corrected chi connectivity index (χ1v) is 8.78. The maximum Gasteiger partial charge on any atom is 0.156 e. The second-order valence-corrected chi connectivity index (χ2v) is 6.90. The molecule has 3 nitrogen and oxygen atoms in total. The standard InChI is InChI=1S/C20H14BrN3/c21-19-18-17-13(11-22-20(18)24-23-19)10-16(12-6-2-1-3-7-12)14-8-4-5-9-15(14)17/h1-9,11,16H,10H2,(H,22,23,24). The fourth-order valence-corrected chi connectivity index (χ4v) is 4.27. The third-order valence-electron chi connectivity index (χ3n) is 4.86. The average Bonchev–Trinajstić information content (AvgIpc) is 3.03. The van der Waals surface area contributed by atoms with Crippen molar-refractivity contribution in [1.29, 1.82) is 0 Å². The fraction of sp³-hybridized carbons (Fsp3) is 0.100. The molecule has 1 N–H and O–H groups in total. The molecular formula is C20H14BrN3. The Morgan fingerprint density at radius 2 is 1.79 bits per heavy atom. The number of aromatic nitrogens is 3. The lowest BCUT2D eigenvalue weighted by molar-refractivity contribution is 0.792. The van der Waals surface area contributed by atoms with Crippen LogP contribution in [-0.4, -0.2) is 15.2 Å². The maximum absolute atomic E-state index is 4.57. The number of nitrogens with one attached hydrogen (secondary N) is 1. The lowest BCUT2D eigenvalue weighted by Gasteiger charge is -2.28. The molecule has 1 unspecified atom stereocenters. The monoisotopic (exact) mass is 375 g/mol. The van der Waals surface area contributed by atoms with Crippen LogP contribution in [0.1, 0.15) is 22.6 Å². The van der Waals surface area contributed by atoms with Gasteiger partial charge in [0.05, 0.1) is 5.39 Å². The molecule has 4 aromatic rings. The molecule has 2 aromatic heterocycles. The first-order chi connectivity index (χ1) is 11.8. The van der Waals surface area contributed by atoms with Crippen molar-refractivity contribution in [3.63, 3.8) is 0 Å². The summed E-state index contributed by atoms with van der Waals surface area (Å²) in [6.07, 6.45) is 2.95. The predicted molar refractivity (Wildman–Crippen MR) is 99.0 cm³/mol. The molecular weight excluding hydrogens is 362 g/mol. The van der Waals surface area contributed by atoms with Crippen molar-refractivity contribution in [2.45, 2.75) is 12.3 Å². The van der Waals surface area contributed by atoms with Crippen molar-refractivity contribution >= 4 is 27.0 Å². The lowest BCUT2D eigenvalue weighted by atomic mass is 9.75. The zero-order chi connectivity index (χ0) is 16.1. The fourth-order valence-electron chi connectivity index (χ4n) is 3.80. The Hall–Kier alpha value is -2.46. The minimum atomic E-state index is 0.361. The normalized spacial score (nSPS) is 16.0. The van der Waals surface area contributed by atoms with Gasteiger partial charge in [0, 0.05) is 17.7 Å². The van der Waals surface area contributed by atoms with E-state index >= 15 is 0 Å². The van der Waals surface area contributed by atoms with Crippen molar-refractivity contribution in [3.8, 4) is 11.1 Å². The minimum absolute atomic E-state index is 0.361. The maximum atomic E-state index is 4.57. The highest BCUT2D eigenvalue weighted by Crippen LogP contribution is 2.45. The summed E-state index contributed by atoms with van der Waals surface area (Å²) < 4.78 is 0.829. The highest BCUT2D eigenvalue weighted by atomic mass is 79.9. The highest BCUT2D eigenvalue weighted by molar-refractivity contribution is 9.10. The van der Waals surface area contributed by atoms with Gasteiger partial charge in [-0.05, 0) is 44.6 Å². The molecule has 0 aliphatic heterocycles. The van der Waals surface area contributed by atoms with Gasteiger partial charge in [0.25, 0.3) is 0 Å². The molecule has 0 amide bonds. The van der Waals surface area contributed by atoms with E-state index < -0.39 is 0 Å². The van der Waals surface area contributed by atoms with Crippen LogP contribution in [0.25, 0.3) is 22.2 Å². The summed E-state index contributed by atoms with van der Waals surface area (Å²) in [4.78, 5) is 4.57. The van der Waals surface area contributed by atoms with Crippen LogP contribution in [0.2, 0.25) is 0 Å². The Balaban J connectivity index is 1.82. The number of pyridine rings is 1. The zero-order valence-electron chi connectivity index (χ0n) is 12.8. The van der Waals surface area contributed by atoms with Gasteiger partial charge >= 0.3 is 0 Å². The lowest BCUT2D eigenvalue weighted by Crippen LogP contribution is -2.13. The number of hydrogen-bond acceptors (Lipinski definition) is 2. The van der Waals surface area contributed by atoms with Crippen molar-refractivity contribution in [2.24, 2.45) is 0 Å². The summed E-state index contributed by atoms with van der Waals surface area (Å²) in [6.45, 7) is 0. The number of benzene rings is 2. The van der Waals surface area contributed by atoms with E-state index in [0.717, 1.165) is 22.1 Å². The Morgan fingerprint density at radius 1 is 1.00 bits per heavy atom. The number of rotatable bonds is 1. The predicted octanol–water partition coefficient (Wildman–Crippen LogP) is 5.08. The van der Waals surface area contributed by atoms with E-state index in [4.69, 9.17) is 0 Å². The van der Waals surface area contributed by atoms with E-state index in [1.165, 1.54) is 27.8 Å². The number of aromatic amines is 1. The molecule has 0 fully saturated rings. The Kier molecular flexibility index (Phi) is 3.06. The van der Waals surface area contributed by atoms with Crippen LogP contribution in [-0.2, 0) is 6.42 Å². The molecule has 24 heavy (non-hydrogen) atoms. The first kappa shape index (κ1) is 13.9. The van der Waals surface area contributed by atoms with Crippen LogP contribution in [0.5, 0.6) is 0 Å². The quantitative estimate of drug-likeness (QED) is 0.504. The van der Waals surface area contributed by atoms with Gasteiger partial charge in [0.15, 0.2) is 5.65 Å². The third-order valence-corrected chi connectivity index (χ3v) is 5.43. The summed E-state index contributed by atoms with van der Waals surface area (Å²) in [5.41, 5.74) is 7.36. The molecule has 0 saturated carbocycles. The minimum Gasteiger partial charge on any atom is -0.260 e. The zero-order valence-corrected chi connectivity index (χ0v) is 14.4. The third kappa shape index (κ3) is 1.96. The van der Waals surface area contributed by atoms with Crippen LogP contribution in [0.3, 0.4) is 0 Å². The number of H-pyrrole nitrogens is 1. The molecule has 0 saturated heterocycles. The van der Waals surface area contributed by atoms with Crippen molar-refractivity contribution < 1.29 is 0 Å². The van der Waals surface area contributed by atoms with Crippen LogP contribution in [0.4, 0.5) is 0 Å². The second kappa shape index (κ2) is 5.28. The largest absolute Gasteiger partial charge is 0.260 e. The molecule has 1 aliphatic rings. The van der Waals surface area contributed by atoms with Gasteiger partial charge in [-0.15, -0.1) is 0 Å². The van der Waals surface area contributed by atoms with Crippen LogP contribution >= 0.6 is 15.9 Å². The van der Waals surface area contributed by atoms with Crippen molar-refractivity contribution in [3.05, 3.63) is 82.1 Å². The molecule has 2 aromatic carbocycles. The average molecular weight is 376 g/mol. The Morgan fingerprint density at radius 3 is 2.67 bits per heavy atom. The smallest absolute Gasteiger partial charge is 0.156 e. The van der Waals surface area contributed by atoms with E-state index in [1.54, 1.807) is 0 Å². The molecule has 4 heteroatoms. The van der Waals surface area contributed by atoms with Gasteiger partial charge in [0.2, 0.25) is 0 Å². The molecule has 116 valence electrons. The van der Waals surface area contributed by atoms with Crippen molar-refractivity contribution in [1.82, 2.24) is 15.2 Å². The SMILES string of the molecule is Brc1n[nH]c2ncc3c(c12)-c1ccccc1C(c1ccccc1)C3. The molecule has 0 spiro atoms. The highest BCUT2D eigenvalue weighted by Gasteiger charge is 2.28. The van der Waals surface area contributed by atoms with Gasteiger partial charge in [-0.3, -0.25) is 5.10 Å². The van der Waals surface area contributed by atoms with Gasteiger partial charge in [-0.25, -0.2) is 4.98 Å². The Bertz CT molecular complexity index is 1050. The summed E-state index contributed by atoms with van der Waals surface area (Å²) in [7, 11) is 0. The van der Waals surface area contributed by atoms with Crippen LogP contribution < -0.4 is 0 Å². The van der Waals surface area contributed by atoms with E-state index in [2.05, 4.69) is 85.7 Å². The summed E-state index contributed by atoms with van der Waals surface area (Å²) in [6, 6.07) is 19.4. The van der Waals surface area contributed by atoms with Gasteiger partial charge in [-0.1, -0.05) is 54.6 Å². The molecule has 5 rings (SSSR count). The van der Waals surface area contributed by atoms with E-state index in [0.29, 0.717) is 5.92 Å². The second-order valence-electron chi connectivity index (χ2n) is 6.15. The topological polar surface area (TPSA) is 41.6 Å². The van der Waals surface area contributed by atoms with E-state index in [-0.39, 0.29) is 0 Å². The van der Waals surface area contributed by atoms with Gasteiger partial charge in [-0.2, -0.15) is 5.10 Å². The first-order valence-electron chi connectivity index (χ1n) is 7.98. The van der Waals surface area contributed by atoms with Crippen molar-refractivity contribution in [2.75, 3.05) is 0 Å². The van der Waals surface area contributed by atoms with Gasteiger partial charge in [0.1, 0.15) is 4.60 Å². The van der Waals surface area contributed by atoms with E-state index in [1.807, 2.05) is 6.20 Å². The summed E-state index contributed by atoms with van der Waals surface area (Å²) >= 11 is 3.58. The number of fused-ring (bicyclic) bond motifs is 5.